The van der Waals surface area contributed by atoms with Crippen molar-refractivity contribution in [2.45, 2.75) is 32.2 Å². The van der Waals surface area contributed by atoms with Crippen LogP contribution in [0.25, 0.3) is 0 Å². The zero-order chi connectivity index (χ0) is 13.5. The number of carbonyl (C=O) groups is 2. The molecule has 2 N–H and O–H groups in total. The van der Waals surface area contributed by atoms with Crippen LogP contribution in [0.5, 0.6) is 0 Å². The van der Waals surface area contributed by atoms with Crippen LogP contribution in [0.2, 0.25) is 0 Å². The Balaban J connectivity index is 2.42. The van der Waals surface area contributed by atoms with Crippen LogP contribution in [0.3, 0.4) is 0 Å². The number of aliphatic carboxylic acids is 1. The lowest BCUT2D eigenvalue weighted by atomic mass is 10.1. The molecule has 0 fully saturated rings. The van der Waals surface area contributed by atoms with Crippen LogP contribution in [0.4, 0.5) is 0 Å². The summed E-state index contributed by atoms with van der Waals surface area (Å²) in [4.78, 5) is 22.2. The van der Waals surface area contributed by atoms with Crippen molar-refractivity contribution in [3.8, 4) is 0 Å². The summed E-state index contributed by atoms with van der Waals surface area (Å²) < 4.78 is 0.855. The quantitative estimate of drug-likeness (QED) is 0.848. The molecule has 0 spiro atoms. The monoisotopic (exact) mass is 313 g/mol. The van der Waals surface area contributed by atoms with Crippen molar-refractivity contribution in [2.24, 2.45) is 0 Å². The molecular weight excluding hydrogens is 298 g/mol. The average molecular weight is 314 g/mol. The third-order valence-electron chi connectivity index (χ3n) is 2.49. The molecule has 0 heterocycles. The maximum Gasteiger partial charge on any atom is 0.303 e. The highest BCUT2D eigenvalue weighted by Crippen LogP contribution is 2.12. The van der Waals surface area contributed by atoms with Gasteiger partial charge in [0.1, 0.15) is 0 Å². The van der Waals surface area contributed by atoms with Crippen molar-refractivity contribution in [1.82, 2.24) is 5.32 Å². The van der Waals surface area contributed by atoms with Crippen molar-refractivity contribution < 1.29 is 14.7 Å². The number of rotatable bonds is 6. The standard InChI is InChI=1S/C13H16BrNO3/c1-9(4-2-7-12(16)17)15-13(18)10-5-3-6-11(14)8-10/h3,5-6,8-9H,2,4,7H2,1H3,(H,15,18)(H,16,17). The SMILES string of the molecule is CC(CCCC(=O)O)NC(=O)c1cccc(Br)c1. The van der Waals surface area contributed by atoms with Gasteiger partial charge in [-0.25, -0.2) is 0 Å². The van der Waals surface area contributed by atoms with E-state index in [1.54, 1.807) is 18.2 Å². The largest absolute Gasteiger partial charge is 0.481 e. The number of benzene rings is 1. The van der Waals surface area contributed by atoms with Gasteiger partial charge in [-0.2, -0.15) is 0 Å². The minimum atomic E-state index is -0.805. The zero-order valence-corrected chi connectivity index (χ0v) is 11.7. The molecule has 5 heteroatoms. The van der Waals surface area contributed by atoms with Crippen molar-refractivity contribution >= 4 is 27.8 Å². The Morgan fingerprint density at radius 2 is 2.17 bits per heavy atom. The van der Waals surface area contributed by atoms with Gasteiger partial charge in [0.05, 0.1) is 0 Å². The third kappa shape index (κ3) is 5.31. The van der Waals surface area contributed by atoms with Gasteiger partial charge in [0.25, 0.3) is 5.91 Å². The summed E-state index contributed by atoms with van der Waals surface area (Å²) >= 11 is 3.31. The predicted octanol–water partition coefficient (Wildman–Crippen LogP) is 2.82. The van der Waals surface area contributed by atoms with E-state index in [-0.39, 0.29) is 18.4 Å². The number of carbonyl (C=O) groups excluding carboxylic acids is 1. The van der Waals surface area contributed by atoms with Gasteiger partial charge in [-0.15, -0.1) is 0 Å². The summed E-state index contributed by atoms with van der Waals surface area (Å²) in [5.74, 6) is -0.945. The van der Waals surface area contributed by atoms with Crippen molar-refractivity contribution in [2.75, 3.05) is 0 Å². The van der Waals surface area contributed by atoms with Gasteiger partial charge in [0.15, 0.2) is 0 Å². The van der Waals surface area contributed by atoms with Gasteiger partial charge >= 0.3 is 5.97 Å². The fourth-order valence-electron chi connectivity index (χ4n) is 1.57. The van der Waals surface area contributed by atoms with Crippen LogP contribution in [-0.2, 0) is 4.79 Å². The van der Waals surface area contributed by atoms with Crippen LogP contribution < -0.4 is 5.32 Å². The van der Waals surface area contributed by atoms with Gasteiger partial charge in [0.2, 0.25) is 0 Å². The summed E-state index contributed by atoms with van der Waals surface area (Å²) in [6.07, 6.45) is 1.36. The first kappa shape index (κ1) is 14.7. The molecule has 1 atom stereocenters. The molecule has 1 aromatic carbocycles. The van der Waals surface area contributed by atoms with E-state index < -0.39 is 5.97 Å². The lowest BCUT2D eigenvalue weighted by Gasteiger charge is -2.13. The molecule has 18 heavy (non-hydrogen) atoms. The highest BCUT2D eigenvalue weighted by molar-refractivity contribution is 9.10. The van der Waals surface area contributed by atoms with Crippen LogP contribution in [0.15, 0.2) is 28.7 Å². The Labute approximate surface area is 115 Å². The predicted molar refractivity (Wildman–Crippen MR) is 72.6 cm³/mol. The van der Waals surface area contributed by atoms with Crippen molar-refractivity contribution in [3.63, 3.8) is 0 Å². The second-order valence-electron chi connectivity index (χ2n) is 4.17. The second-order valence-corrected chi connectivity index (χ2v) is 5.09. The number of nitrogens with one attached hydrogen (secondary N) is 1. The van der Waals surface area contributed by atoms with Gasteiger partial charge < -0.3 is 10.4 Å². The highest BCUT2D eigenvalue weighted by Gasteiger charge is 2.10. The minimum absolute atomic E-state index is 0.0316. The Bertz CT molecular complexity index is 434. The van der Waals surface area contributed by atoms with Crippen LogP contribution in [0, 0.1) is 0 Å². The fourth-order valence-corrected chi connectivity index (χ4v) is 1.97. The maximum atomic E-state index is 11.9. The Morgan fingerprint density at radius 3 is 2.78 bits per heavy atom. The molecule has 0 aliphatic heterocycles. The summed E-state index contributed by atoms with van der Waals surface area (Å²) in [7, 11) is 0. The molecule has 0 saturated carbocycles. The number of amides is 1. The number of halogens is 1. The van der Waals surface area contributed by atoms with Gasteiger partial charge in [-0.05, 0) is 38.0 Å². The van der Waals surface area contributed by atoms with Crippen LogP contribution in [-0.4, -0.2) is 23.0 Å². The van der Waals surface area contributed by atoms with E-state index in [0.29, 0.717) is 18.4 Å². The molecule has 0 saturated heterocycles. The number of hydrogen-bond acceptors (Lipinski definition) is 2. The maximum absolute atomic E-state index is 11.9. The molecule has 0 aliphatic carbocycles. The Morgan fingerprint density at radius 1 is 1.44 bits per heavy atom. The van der Waals surface area contributed by atoms with Gasteiger partial charge in [-0.1, -0.05) is 22.0 Å². The Hall–Kier alpha value is -1.36. The molecule has 1 unspecified atom stereocenters. The molecule has 0 aliphatic rings. The molecule has 98 valence electrons. The van der Waals surface area contributed by atoms with E-state index in [2.05, 4.69) is 21.2 Å². The van der Waals surface area contributed by atoms with Crippen molar-refractivity contribution in [1.29, 1.82) is 0 Å². The lowest BCUT2D eigenvalue weighted by molar-refractivity contribution is -0.137. The average Bonchev–Trinajstić information content (AvgIpc) is 2.28. The zero-order valence-electron chi connectivity index (χ0n) is 10.1. The van der Waals surface area contributed by atoms with Gasteiger partial charge in [0, 0.05) is 22.5 Å². The molecule has 4 nitrogen and oxygen atoms in total. The van der Waals surface area contributed by atoms with E-state index in [9.17, 15) is 9.59 Å². The highest BCUT2D eigenvalue weighted by atomic mass is 79.9. The van der Waals surface area contributed by atoms with E-state index in [1.807, 2.05) is 13.0 Å². The van der Waals surface area contributed by atoms with Crippen LogP contribution >= 0.6 is 15.9 Å². The van der Waals surface area contributed by atoms with E-state index >= 15 is 0 Å². The molecule has 1 amide bonds. The lowest BCUT2D eigenvalue weighted by Crippen LogP contribution is -2.32. The molecule has 0 aromatic heterocycles. The summed E-state index contributed by atoms with van der Waals surface area (Å²) in [5, 5.41) is 11.4. The number of carboxylic acid groups (broad SMARTS) is 1. The van der Waals surface area contributed by atoms with Gasteiger partial charge in [-0.3, -0.25) is 9.59 Å². The van der Waals surface area contributed by atoms with Crippen molar-refractivity contribution in [3.05, 3.63) is 34.3 Å². The van der Waals surface area contributed by atoms with E-state index in [1.165, 1.54) is 0 Å². The smallest absolute Gasteiger partial charge is 0.303 e. The second kappa shape index (κ2) is 7.16. The van der Waals surface area contributed by atoms with E-state index in [4.69, 9.17) is 5.11 Å². The third-order valence-corrected chi connectivity index (χ3v) is 2.99. The molecule has 1 aromatic rings. The molecule has 1 rings (SSSR count). The molecule has 0 bridgehead atoms. The topological polar surface area (TPSA) is 66.4 Å². The number of carboxylic acids is 1. The first-order valence-electron chi connectivity index (χ1n) is 5.77. The minimum Gasteiger partial charge on any atom is -0.481 e. The molecular formula is C13H16BrNO3. The van der Waals surface area contributed by atoms with Crippen LogP contribution in [0.1, 0.15) is 36.5 Å². The number of hydrogen-bond donors (Lipinski definition) is 2. The fraction of sp³-hybridized carbons (Fsp3) is 0.385. The van der Waals surface area contributed by atoms with E-state index in [0.717, 1.165) is 4.47 Å². The Kier molecular flexibility index (Phi) is 5.85. The first-order chi connectivity index (χ1) is 8.49. The summed E-state index contributed by atoms with van der Waals surface area (Å²) in [6, 6.07) is 7.11. The summed E-state index contributed by atoms with van der Waals surface area (Å²) in [5.41, 5.74) is 0.592. The first-order valence-corrected chi connectivity index (χ1v) is 6.56. The normalized spacial score (nSPS) is 11.9. The summed E-state index contributed by atoms with van der Waals surface area (Å²) in [6.45, 7) is 1.87. The molecule has 0 radical (unpaired) electrons.